The molecule has 14 heavy (non-hydrogen) atoms. The number of carbonyl (C=O) groups is 1. The van der Waals surface area contributed by atoms with Crippen LogP contribution in [-0.4, -0.2) is 18.9 Å². The van der Waals surface area contributed by atoms with E-state index in [1.807, 2.05) is 13.8 Å². The summed E-state index contributed by atoms with van der Waals surface area (Å²) in [6, 6.07) is 0. The third-order valence-corrected chi connectivity index (χ3v) is 0.902. The largest absolute Gasteiger partial charge is 4.00 e. The summed E-state index contributed by atoms with van der Waals surface area (Å²) in [6.45, 7) is 5.12. The van der Waals surface area contributed by atoms with E-state index in [-0.39, 0.29) is 47.0 Å². The molecule has 7 heteroatoms. The van der Waals surface area contributed by atoms with Gasteiger partial charge in [-0.25, -0.2) is 0 Å². The second-order valence-corrected chi connectivity index (χ2v) is 1.75. The van der Waals surface area contributed by atoms with E-state index >= 15 is 0 Å². The maximum atomic E-state index is 10.7. The fourth-order valence-corrected chi connectivity index (χ4v) is 0.493. The zero-order valence-corrected chi connectivity index (χ0v) is 11.1. The number of hydrogen-bond acceptors (Lipinski definition) is 2. The summed E-state index contributed by atoms with van der Waals surface area (Å²) >= 11 is 0. The number of likely N-dealkylation sites (N-methyl/N-ethyl adjacent to an activating group) is 1. The smallest absolute Gasteiger partial charge is 1.00 e. The molecule has 0 atom stereocenters. The van der Waals surface area contributed by atoms with Gasteiger partial charge in [0.2, 0.25) is 0 Å². The second kappa shape index (κ2) is 29.3. The van der Waals surface area contributed by atoms with Crippen molar-refractivity contribution < 1.29 is 46.0 Å². The first-order chi connectivity index (χ1) is 4.31. The Labute approximate surface area is 96.5 Å². The Morgan fingerprint density at radius 3 is 1.93 bits per heavy atom. The monoisotopic (exact) mass is 384 g/mol. The van der Waals surface area contributed by atoms with Crippen LogP contribution in [0.25, 0.3) is 0 Å². The van der Waals surface area contributed by atoms with Crippen molar-refractivity contribution in [2.75, 3.05) is 13.1 Å². The van der Waals surface area contributed by atoms with Gasteiger partial charge in [-0.1, -0.05) is 13.0 Å². The van der Waals surface area contributed by atoms with Crippen molar-refractivity contribution in [3.8, 4) is 0 Å². The molecule has 0 spiro atoms. The van der Waals surface area contributed by atoms with E-state index in [0.29, 0.717) is 6.54 Å². The molecule has 85 valence electrons. The summed E-state index contributed by atoms with van der Waals surface area (Å²) in [7, 11) is 0. The minimum absolute atomic E-state index is 0. The van der Waals surface area contributed by atoms with Gasteiger partial charge in [-0.05, 0) is 19.5 Å². The Hall–Kier alpha value is -0.170. The van der Waals surface area contributed by atoms with Gasteiger partial charge < -0.3 is 24.1 Å². The first-order valence-corrected chi connectivity index (χ1v) is 3.17. The van der Waals surface area contributed by atoms with E-state index in [1.54, 1.807) is 12.2 Å². The minimum Gasteiger partial charge on any atom is -1.00 e. The van der Waals surface area contributed by atoms with Gasteiger partial charge in [-0.2, -0.15) is 0 Å². The van der Waals surface area contributed by atoms with Gasteiger partial charge in [0.05, 0.1) is 6.54 Å². The average molecular weight is 384 g/mol. The van der Waals surface area contributed by atoms with Crippen LogP contribution in [0.1, 0.15) is 13.8 Å². The minimum atomic E-state index is 0. The molecule has 0 aromatic heterocycles. The molecular weight excluding hydrogens is 371 g/mol. The van der Waals surface area contributed by atoms with E-state index < -0.39 is 0 Å². The standard InChI is InChI=1S/C7H13NO.4FH.Ta/c1-3-5-7(9)6-8-4-2;;;;;/h3,5,8H,4,6H2,1-2H3;4*1H;/q;;;;;+4/p-4. The first kappa shape index (κ1) is 37.1. The SMILES string of the molecule is CC=CC(=O)CNCC.[F-].[F-].[F-].[F-].[Ta+4]. The van der Waals surface area contributed by atoms with Crippen LogP contribution in [0.2, 0.25) is 0 Å². The molecule has 0 saturated carbocycles. The van der Waals surface area contributed by atoms with Crippen molar-refractivity contribution in [2.24, 2.45) is 0 Å². The third-order valence-electron chi connectivity index (χ3n) is 0.902. The summed E-state index contributed by atoms with van der Waals surface area (Å²) in [5.74, 6) is 0.138. The van der Waals surface area contributed by atoms with Gasteiger partial charge >= 0.3 is 22.4 Å². The number of allylic oxidation sites excluding steroid dienone is 1. The summed E-state index contributed by atoms with van der Waals surface area (Å²) in [6.07, 6.45) is 3.32. The topological polar surface area (TPSA) is 29.1 Å². The van der Waals surface area contributed by atoms with E-state index in [4.69, 9.17) is 0 Å². The molecule has 0 aromatic carbocycles. The molecule has 1 radical (unpaired) electrons. The molecule has 0 unspecified atom stereocenters. The number of nitrogens with one attached hydrogen (secondary N) is 1. The van der Waals surface area contributed by atoms with Crippen molar-refractivity contribution >= 4 is 5.78 Å². The molecule has 0 aromatic rings. The fraction of sp³-hybridized carbons (Fsp3) is 0.571. The van der Waals surface area contributed by atoms with E-state index in [1.165, 1.54) is 0 Å². The van der Waals surface area contributed by atoms with Crippen LogP contribution < -0.4 is 24.1 Å². The van der Waals surface area contributed by atoms with Gasteiger partial charge in [0, 0.05) is 0 Å². The number of hydrogen-bond donors (Lipinski definition) is 1. The average Bonchev–Trinajstić information content (AvgIpc) is 1.85. The predicted molar refractivity (Wildman–Crippen MR) is 38.4 cm³/mol. The zero-order valence-electron chi connectivity index (χ0n) is 7.94. The van der Waals surface area contributed by atoms with E-state index in [0.717, 1.165) is 6.54 Å². The van der Waals surface area contributed by atoms with Crippen molar-refractivity contribution in [3.05, 3.63) is 12.2 Å². The van der Waals surface area contributed by atoms with E-state index in [2.05, 4.69) is 5.32 Å². The Kier molecular flexibility index (Phi) is 77.7. The molecule has 0 aliphatic rings. The molecule has 0 bridgehead atoms. The van der Waals surface area contributed by atoms with Crippen molar-refractivity contribution in [1.29, 1.82) is 0 Å². The first-order valence-electron chi connectivity index (χ1n) is 3.17. The van der Waals surface area contributed by atoms with Crippen molar-refractivity contribution in [2.45, 2.75) is 13.8 Å². The van der Waals surface area contributed by atoms with Crippen LogP contribution >= 0.6 is 0 Å². The number of rotatable bonds is 4. The Balaban J connectivity index is -0.0000000320. The summed E-state index contributed by atoms with van der Waals surface area (Å²) in [4.78, 5) is 10.7. The molecular formula is C7H13F4NOTa. The zero-order chi connectivity index (χ0) is 7.11. The molecule has 0 amide bonds. The molecule has 2 nitrogen and oxygen atoms in total. The number of ketones is 1. The van der Waals surface area contributed by atoms with Crippen LogP contribution in [0.15, 0.2) is 12.2 Å². The molecule has 0 rings (SSSR count). The van der Waals surface area contributed by atoms with Crippen molar-refractivity contribution in [1.82, 2.24) is 5.32 Å². The molecule has 0 aliphatic carbocycles. The maximum Gasteiger partial charge on any atom is 4.00 e. The third kappa shape index (κ3) is 29.7. The number of carbonyl (C=O) groups excluding carboxylic acids is 1. The quantitative estimate of drug-likeness (QED) is 0.386. The number of halogens is 4. The van der Waals surface area contributed by atoms with Crippen LogP contribution in [-0.2, 0) is 27.2 Å². The Bertz CT molecular complexity index is 124. The van der Waals surface area contributed by atoms with Gasteiger partial charge in [-0.3, -0.25) is 4.79 Å². The van der Waals surface area contributed by atoms with Crippen LogP contribution in [0.5, 0.6) is 0 Å². The van der Waals surface area contributed by atoms with Gasteiger partial charge in [-0.15, -0.1) is 0 Å². The molecule has 0 aliphatic heterocycles. The summed E-state index contributed by atoms with van der Waals surface area (Å²) in [5, 5.41) is 2.93. The van der Waals surface area contributed by atoms with Gasteiger partial charge in [0.25, 0.3) is 0 Å². The summed E-state index contributed by atoms with van der Waals surface area (Å²) < 4.78 is 0. The van der Waals surface area contributed by atoms with E-state index in [9.17, 15) is 4.79 Å². The molecule has 0 saturated heterocycles. The second-order valence-electron chi connectivity index (χ2n) is 1.75. The Morgan fingerprint density at radius 2 is 1.64 bits per heavy atom. The predicted octanol–water partition coefficient (Wildman–Crippen LogP) is -11.2. The summed E-state index contributed by atoms with van der Waals surface area (Å²) in [5.41, 5.74) is 0. The van der Waals surface area contributed by atoms with Gasteiger partial charge in [0.15, 0.2) is 5.78 Å². The molecule has 1 N–H and O–H groups in total. The Morgan fingerprint density at radius 1 is 1.21 bits per heavy atom. The fourth-order valence-electron chi connectivity index (χ4n) is 0.493. The van der Waals surface area contributed by atoms with Gasteiger partial charge in [0.1, 0.15) is 0 Å². The van der Waals surface area contributed by atoms with Crippen LogP contribution in [0, 0.1) is 0 Å². The van der Waals surface area contributed by atoms with Crippen molar-refractivity contribution in [3.63, 3.8) is 0 Å². The maximum absolute atomic E-state index is 10.7. The van der Waals surface area contributed by atoms with Crippen LogP contribution in [0.3, 0.4) is 0 Å². The van der Waals surface area contributed by atoms with Crippen LogP contribution in [0.4, 0.5) is 0 Å². The normalized spacial score (nSPS) is 6.71. The molecule has 0 heterocycles. The molecule has 0 fully saturated rings.